The van der Waals surface area contributed by atoms with Gasteiger partial charge in [0.1, 0.15) is 5.75 Å². The van der Waals surface area contributed by atoms with Gasteiger partial charge in [0.25, 0.3) is 0 Å². The Morgan fingerprint density at radius 2 is 1.57 bits per heavy atom. The predicted molar refractivity (Wildman–Crippen MR) is 90.0 cm³/mol. The van der Waals surface area contributed by atoms with Gasteiger partial charge in [-0.05, 0) is 67.3 Å². The van der Waals surface area contributed by atoms with E-state index in [4.69, 9.17) is 4.74 Å². The first kappa shape index (κ1) is 15.6. The molecule has 0 saturated heterocycles. The average Bonchev–Trinajstić information content (AvgIpc) is 2.47. The largest absolute Gasteiger partial charge is 0.496 e. The van der Waals surface area contributed by atoms with Gasteiger partial charge < -0.3 is 10.1 Å². The Kier molecular flexibility index (Phi) is 5.03. The Morgan fingerprint density at radius 3 is 2.05 bits per heavy atom. The topological polar surface area (TPSA) is 21.3 Å². The Labute approximate surface area is 128 Å². The summed E-state index contributed by atoms with van der Waals surface area (Å²) < 4.78 is 5.44. The molecule has 0 aliphatic carbocycles. The molecule has 21 heavy (non-hydrogen) atoms. The monoisotopic (exact) mass is 283 g/mol. The molecule has 0 aliphatic rings. The average molecular weight is 283 g/mol. The second-order valence-corrected chi connectivity index (χ2v) is 5.54. The lowest BCUT2D eigenvalue weighted by Gasteiger charge is -2.14. The van der Waals surface area contributed by atoms with Crippen LogP contribution in [-0.2, 0) is 0 Å². The second-order valence-electron chi connectivity index (χ2n) is 5.54. The van der Waals surface area contributed by atoms with Crippen LogP contribution in [0.25, 0.3) is 11.1 Å². The van der Waals surface area contributed by atoms with Gasteiger partial charge >= 0.3 is 0 Å². The maximum Gasteiger partial charge on any atom is 0.124 e. The van der Waals surface area contributed by atoms with E-state index in [9.17, 15) is 0 Å². The van der Waals surface area contributed by atoms with E-state index in [0.29, 0.717) is 6.04 Å². The van der Waals surface area contributed by atoms with Crippen LogP contribution in [0.15, 0.2) is 36.4 Å². The summed E-state index contributed by atoms with van der Waals surface area (Å²) in [6, 6.07) is 13.6. The predicted octanol–water partition coefficient (Wildman–Crippen LogP) is 4.65. The van der Waals surface area contributed by atoms with Crippen LogP contribution in [0.2, 0.25) is 0 Å². The van der Waals surface area contributed by atoms with Crippen LogP contribution in [-0.4, -0.2) is 13.7 Å². The van der Waals surface area contributed by atoms with Crippen molar-refractivity contribution in [2.75, 3.05) is 13.7 Å². The Hall–Kier alpha value is -1.80. The first-order valence-corrected chi connectivity index (χ1v) is 7.55. The lowest BCUT2D eigenvalue weighted by atomic mass is 9.97. The molecule has 0 saturated carbocycles. The molecule has 0 radical (unpaired) electrons. The lowest BCUT2D eigenvalue weighted by Crippen LogP contribution is -2.17. The third-order valence-corrected chi connectivity index (χ3v) is 3.92. The van der Waals surface area contributed by atoms with E-state index in [1.165, 1.54) is 27.8 Å². The van der Waals surface area contributed by atoms with Gasteiger partial charge in [0.2, 0.25) is 0 Å². The zero-order valence-corrected chi connectivity index (χ0v) is 13.7. The molecule has 2 heteroatoms. The van der Waals surface area contributed by atoms with Crippen molar-refractivity contribution in [2.24, 2.45) is 0 Å². The minimum Gasteiger partial charge on any atom is -0.496 e. The molecule has 0 amide bonds. The minimum absolute atomic E-state index is 0.392. The standard InChI is InChI=1S/C19H25NO/c1-6-20-15(4)16-7-9-17(10-8-16)18-11-13(2)19(21-5)14(3)12-18/h7-12,15,20H,6H2,1-5H3. The van der Waals surface area contributed by atoms with Gasteiger partial charge in [-0.3, -0.25) is 0 Å². The van der Waals surface area contributed by atoms with E-state index in [0.717, 1.165) is 12.3 Å². The van der Waals surface area contributed by atoms with E-state index in [1.54, 1.807) is 7.11 Å². The summed E-state index contributed by atoms with van der Waals surface area (Å²) in [5, 5.41) is 3.44. The van der Waals surface area contributed by atoms with E-state index in [2.05, 4.69) is 69.4 Å². The molecule has 2 aromatic rings. The van der Waals surface area contributed by atoms with E-state index in [1.807, 2.05) is 0 Å². The van der Waals surface area contributed by atoms with Gasteiger partial charge in [0.05, 0.1) is 7.11 Å². The van der Waals surface area contributed by atoms with Crippen LogP contribution in [0.4, 0.5) is 0 Å². The summed E-state index contributed by atoms with van der Waals surface area (Å²) in [6.07, 6.45) is 0. The van der Waals surface area contributed by atoms with E-state index < -0.39 is 0 Å². The fourth-order valence-electron chi connectivity index (χ4n) is 2.83. The number of rotatable bonds is 5. The highest BCUT2D eigenvalue weighted by molar-refractivity contribution is 5.67. The van der Waals surface area contributed by atoms with Crippen LogP contribution in [0.1, 0.15) is 36.6 Å². The van der Waals surface area contributed by atoms with Gasteiger partial charge in [-0.1, -0.05) is 31.2 Å². The first-order chi connectivity index (χ1) is 10.1. The third-order valence-electron chi connectivity index (χ3n) is 3.92. The van der Waals surface area contributed by atoms with Gasteiger partial charge in [-0.25, -0.2) is 0 Å². The Balaban J connectivity index is 2.31. The highest BCUT2D eigenvalue weighted by atomic mass is 16.5. The minimum atomic E-state index is 0.392. The Bertz CT molecular complexity index is 578. The molecule has 0 heterocycles. The summed E-state index contributed by atoms with van der Waals surface area (Å²) in [5.74, 6) is 0.983. The molecule has 2 aromatic carbocycles. The molecule has 0 fully saturated rings. The number of ether oxygens (including phenoxy) is 1. The van der Waals surface area contributed by atoms with Crippen molar-refractivity contribution < 1.29 is 4.74 Å². The highest BCUT2D eigenvalue weighted by Gasteiger charge is 2.08. The maximum atomic E-state index is 5.44. The third kappa shape index (κ3) is 3.45. The van der Waals surface area contributed by atoms with Crippen LogP contribution in [0.3, 0.4) is 0 Å². The number of benzene rings is 2. The molecule has 1 unspecified atom stereocenters. The van der Waals surface area contributed by atoms with Crippen LogP contribution in [0, 0.1) is 13.8 Å². The van der Waals surface area contributed by atoms with Gasteiger partial charge in [-0.15, -0.1) is 0 Å². The molecular weight excluding hydrogens is 258 g/mol. The molecule has 1 atom stereocenters. The van der Waals surface area contributed by atoms with E-state index >= 15 is 0 Å². The molecule has 2 nitrogen and oxygen atoms in total. The van der Waals surface area contributed by atoms with Crippen molar-refractivity contribution in [2.45, 2.75) is 33.7 Å². The Morgan fingerprint density at radius 1 is 1.00 bits per heavy atom. The molecule has 2 rings (SSSR count). The fraction of sp³-hybridized carbons (Fsp3) is 0.368. The van der Waals surface area contributed by atoms with Crippen molar-refractivity contribution in [3.63, 3.8) is 0 Å². The molecular formula is C19H25NO. The summed E-state index contributed by atoms with van der Waals surface area (Å²) >= 11 is 0. The van der Waals surface area contributed by atoms with Crippen molar-refractivity contribution in [3.8, 4) is 16.9 Å². The first-order valence-electron chi connectivity index (χ1n) is 7.55. The lowest BCUT2D eigenvalue weighted by molar-refractivity contribution is 0.408. The normalized spacial score (nSPS) is 12.2. The number of hydrogen-bond donors (Lipinski definition) is 1. The molecule has 0 bridgehead atoms. The summed E-state index contributed by atoms with van der Waals surface area (Å²) in [5.41, 5.74) is 6.17. The number of methoxy groups -OCH3 is 1. The van der Waals surface area contributed by atoms with Crippen molar-refractivity contribution in [1.29, 1.82) is 0 Å². The number of nitrogens with one attached hydrogen (secondary N) is 1. The smallest absolute Gasteiger partial charge is 0.124 e. The van der Waals surface area contributed by atoms with E-state index in [-0.39, 0.29) is 0 Å². The molecule has 1 N–H and O–H groups in total. The molecule has 112 valence electrons. The van der Waals surface area contributed by atoms with Crippen LogP contribution in [0.5, 0.6) is 5.75 Å². The molecule has 0 spiro atoms. The van der Waals surface area contributed by atoms with Crippen molar-refractivity contribution in [1.82, 2.24) is 5.32 Å². The SMILES string of the molecule is CCNC(C)c1ccc(-c2cc(C)c(OC)c(C)c2)cc1. The maximum absolute atomic E-state index is 5.44. The zero-order chi connectivity index (χ0) is 15.4. The number of aryl methyl sites for hydroxylation is 2. The van der Waals surface area contributed by atoms with Crippen LogP contribution >= 0.6 is 0 Å². The summed E-state index contributed by atoms with van der Waals surface area (Å²) in [6.45, 7) is 9.50. The van der Waals surface area contributed by atoms with Gasteiger partial charge in [0.15, 0.2) is 0 Å². The number of hydrogen-bond acceptors (Lipinski definition) is 2. The zero-order valence-electron chi connectivity index (χ0n) is 13.7. The van der Waals surface area contributed by atoms with Gasteiger partial charge in [-0.2, -0.15) is 0 Å². The summed E-state index contributed by atoms with van der Waals surface area (Å²) in [7, 11) is 1.73. The highest BCUT2D eigenvalue weighted by Crippen LogP contribution is 2.30. The molecule has 0 aromatic heterocycles. The second kappa shape index (κ2) is 6.77. The van der Waals surface area contributed by atoms with Crippen LogP contribution < -0.4 is 10.1 Å². The molecule has 0 aliphatic heterocycles. The summed E-state index contributed by atoms with van der Waals surface area (Å²) in [4.78, 5) is 0. The fourth-order valence-corrected chi connectivity index (χ4v) is 2.83. The van der Waals surface area contributed by atoms with Crippen molar-refractivity contribution >= 4 is 0 Å². The van der Waals surface area contributed by atoms with Gasteiger partial charge in [0, 0.05) is 6.04 Å². The van der Waals surface area contributed by atoms with Crippen molar-refractivity contribution in [3.05, 3.63) is 53.1 Å². The quantitative estimate of drug-likeness (QED) is 0.862.